The molecule has 0 saturated heterocycles. The molecule has 0 aliphatic carbocycles. The molecule has 2 aromatic carbocycles. The lowest BCUT2D eigenvalue weighted by Crippen LogP contribution is -2.22. The number of rotatable bonds is 5. The maximum Gasteiger partial charge on any atom is 0.123 e. The number of benzene rings is 2. The van der Waals surface area contributed by atoms with E-state index in [2.05, 4.69) is 69.4 Å². The molecule has 2 nitrogen and oxygen atoms in total. The summed E-state index contributed by atoms with van der Waals surface area (Å²) in [5, 5.41) is 3.46. The van der Waals surface area contributed by atoms with Crippen molar-refractivity contribution in [2.45, 2.75) is 40.3 Å². The molecular weight excluding hydrogens is 258 g/mol. The summed E-state index contributed by atoms with van der Waals surface area (Å²) in [6, 6.07) is 13.5. The largest absolute Gasteiger partial charge is 0.496 e. The van der Waals surface area contributed by atoms with Crippen molar-refractivity contribution in [3.63, 3.8) is 0 Å². The quantitative estimate of drug-likeness (QED) is 0.873. The molecular formula is C19H25NO. The van der Waals surface area contributed by atoms with E-state index in [0.29, 0.717) is 6.04 Å². The highest BCUT2D eigenvalue weighted by molar-refractivity contribution is 5.69. The topological polar surface area (TPSA) is 21.3 Å². The van der Waals surface area contributed by atoms with Crippen LogP contribution in [0.25, 0.3) is 11.1 Å². The van der Waals surface area contributed by atoms with Gasteiger partial charge in [0, 0.05) is 18.2 Å². The first-order valence-electron chi connectivity index (χ1n) is 7.49. The molecule has 21 heavy (non-hydrogen) atoms. The monoisotopic (exact) mass is 283 g/mol. The summed E-state index contributed by atoms with van der Waals surface area (Å²) in [5.74, 6) is 0.942. The Hall–Kier alpha value is -1.80. The summed E-state index contributed by atoms with van der Waals surface area (Å²) in [4.78, 5) is 0. The van der Waals surface area contributed by atoms with Gasteiger partial charge in [0.15, 0.2) is 0 Å². The van der Waals surface area contributed by atoms with Crippen LogP contribution in [0, 0.1) is 13.8 Å². The lowest BCUT2D eigenvalue weighted by molar-refractivity contribution is 0.406. The van der Waals surface area contributed by atoms with Gasteiger partial charge in [-0.15, -0.1) is 0 Å². The maximum atomic E-state index is 5.48. The van der Waals surface area contributed by atoms with Crippen LogP contribution in [-0.4, -0.2) is 13.2 Å². The Morgan fingerprint density at radius 1 is 1.05 bits per heavy atom. The Morgan fingerprint density at radius 3 is 2.48 bits per heavy atom. The van der Waals surface area contributed by atoms with Crippen LogP contribution in [-0.2, 0) is 6.54 Å². The van der Waals surface area contributed by atoms with Crippen LogP contribution in [0.2, 0.25) is 0 Å². The van der Waals surface area contributed by atoms with Crippen LogP contribution in [0.15, 0.2) is 36.4 Å². The third kappa shape index (κ3) is 3.85. The molecule has 2 aromatic rings. The van der Waals surface area contributed by atoms with Gasteiger partial charge in [0.05, 0.1) is 7.11 Å². The van der Waals surface area contributed by atoms with E-state index < -0.39 is 0 Å². The number of aryl methyl sites for hydroxylation is 2. The van der Waals surface area contributed by atoms with Crippen LogP contribution < -0.4 is 10.1 Å². The highest BCUT2D eigenvalue weighted by atomic mass is 16.5. The number of hydrogen-bond acceptors (Lipinski definition) is 2. The average molecular weight is 283 g/mol. The fourth-order valence-electron chi connectivity index (χ4n) is 2.45. The zero-order valence-electron chi connectivity index (χ0n) is 13.7. The fraction of sp³-hybridized carbons (Fsp3) is 0.368. The maximum absolute atomic E-state index is 5.48. The van der Waals surface area contributed by atoms with Gasteiger partial charge < -0.3 is 10.1 Å². The van der Waals surface area contributed by atoms with Gasteiger partial charge in [-0.2, -0.15) is 0 Å². The molecule has 0 radical (unpaired) electrons. The van der Waals surface area contributed by atoms with Gasteiger partial charge in [0.2, 0.25) is 0 Å². The molecule has 0 amide bonds. The molecule has 0 aliphatic heterocycles. The normalized spacial score (nSPS) is 11.0. The second-order valence-electron chi connectivity index (χ2n) is 5.88. The second-order valence-corrected chi connectivity index (χ2v) is 5.88. The van der Waals surface area contributed by atoms with E-state index in [1.165, 1.54) is 27.8 Å². The van der Waals surface area contributed by atoms with E-state index in [1.807, 2.05) is 0 Å². The SMILES string of the molecule is COc1ccc(-c2cc(C)ccc2C)cc1CNC(C)C. The van der Waals surface area contributed by atoms with E-state index in [4.69, 9.17) is 4.74 Å². The summed E-state index contributed by atoms with van der Waals surface area (Å²) in [6.45, 7) is 9.42. The van der Waals surface area contributed by atoms with Gasteiger partial charge in [0.1, 0.15) is 5.75 Å². The predicted molar refractivity (Wildman–Crippen MR) is 89.9 cm³/mol. The van der Waals surface area contributed by atoms with Gasteiger partial charge in [-0.25, -0.2) is 0 Å². The van der Waals surface area contributed by atoms with Crippen molar-refractivity contribution in [1.82, 2.24) is 5.32 Å². The number of methoxy groups -OCH3 is 1. The van der Waals surface area contributed by atoms with Gasteiger partial charge in [0.25, 0.3) is 0 Å². The molecule has 0 atom stereocenters. The van der Waals surface area contributed by atoms with Gasteiger partial charge >= 0.3 is 0 Å². The Balaban J connectivity index is 2.41. The first-order valence-corrected chi connectivity index (χ1v) is 7.49. The Kier molecular flexibility index (Phi) is 5.03. The summed E-state index contributed by atoms with van der Waals surface area (Å²) in [5.41, 5.74) is 6.33. The van der Waals surface area contributed by atoms with Crippen LogP contribution in [0.4, 0.5) is 0 Å². The van der Waals surface area contributed by atoms with E-state index in [-0.39, 0.29) is 0 Å². The summed E-state index contributed by atoms with van der Waals surface area (Å²) in [7, 11) is 1.73. The minimum Gasteiger partial charge on any atom is -0.496 e. The number of nitrogens with one attached hydrogen (secondary N) is 1. The van der Waals surface area contributed by atoms with E-state index in [9.17, 15) is 0 Å². The second kappa shape index (κ2) is 6.77. The summed E-state index contributed by atoms with van der Waals surface area (Å²) in [6.07, 6.45) is 0. The van der Waals surface area contributed by atoms with Gasteiger partial charge in [-0.05, 0) is 42.7 Å². The van der Waals surface area contributed by atoms with Crippen LogP contribution in [0.5, 0.6) is 5.75 Å². The molecule has 2 rings (SSSR count). The average Bonchev–Trinajstić information content (AvgIpc) is 2.47. The van der Waals surface area contributed by atoms with Crippen molar-refractivity contribution in [1.29, 1.82) is 0 Å². The molecule has 0 aliphatic rings. The van der Waals surface area contributed by atoms with Crippen LogP contribution in [0.1, 0.15) is 30.5 Å². The molecule has 0 spiro atoms. The highest BCUT2D eigenvalue weighted by Gasteiger charge is 2.08. The van der Waals surface area contributed by atoms with Crippen molar-refractivity contribution < 1.29 is 4.74 Å². The molecule has 112 valence electrons. The molecule has 0 aromatic heterocycles. The number of hydrogen-bond donors (Lipinski definition) is 1. The fourth-order valence-corrected chi connectivity index (χ4v) is 2.45. The molecule has 0 saturated carbocycles. The third-order valence-electron chi connectivity index (χ3n) is 3.69. The van der Waals surface area contributed by atoms with Crippen molar-refractivity contribution in [2.75, 3.05) is 7.11 Å². The minimum atomic E-state index is 0.457. The van der Waals surface area contributed by atoms with E-state index in [1.54, 1.807) is 7.11 Å². The Morgan fingerprint density at radius 2 is 1.81 bits per heavy atom. The smallest absolute Gasteiger partial charge is 0.123 e. The zero-order valence-corrected chi connectivity index (χ0v) is 13.7. The molecule has 0 unspecified atom stereocenters. The molecule has 0 heterocycles. The molecule has 1 N–H and O–H groups in total. The molecule has 0 bridgehead atoms. The number of ether oxygens (including phenoxy) is 1. The van der Waals surface area contributed by atoms with Crippen molar-refractivity contribution >= 4 is 0 Å². The zero-order chi connectivity index (χ0) is 15.4. The van der Waals surface area contributed by atoms with Crippen LogP contribution in [0.3, 0.4) is 0 Å². The molecule has 2 heteroatoms. The van der Waals surface area contributed by atoms with Crippen LogP contribution >= 0.6 is 0 Å². The minimum absolute atomic E-state index is 0.457. The van der Waals surface area contributed by atoms with Crippen molar-refractivity contribution in [3.05, 3.63) is 53.1 Å². The van der Waals surface area contributed by atoms with E-state index >= 15 is 0 Å². The van der Waals surface area contributed by atoms with Gasteiger partial charge in [-0.3, -0.25) is 0 Å². The predicted octanol–water partition coefficient (Wildman–Crippen LogP) is 4.48. The summed E-state index contributed by atoms with van der Waals surface area (Å²) >= 11 is 0. The highest BCUT2D eigenvalue weighted by Crippen LogP contribution is 2.29. The molecule has 0 fully saturated rings. The van der Waals surface area contributed by atoms with Crippen molar-refractivity contribution in [3.8, 4) is 16.9 Å². The van der Waals surface area contributed by atoms with Crippen molar-refractivity contribution in [2.24, 2.45) is 0 Å². The first kappa shape index (κ1) is 15.6. The van der Waals surface area contributed by atoms with Gasteiger partial charge in [-0.1, -0.05) is 43.7 Å². The lowest BCUT2D eigenvalue weighted by atomic mass is 9.96. The third-order valence-corrected chi connectivity index (χ3v) is 3.69. The summed E-state index contributed by atoms with van der Waals surface area (Å²) < 4.78 is 5.48. The Bertz CT molecular complexity index is 617. The first-order chi connectivity index (χ1) is 10.0. The lowest BCUT2D eigenvalue weighted by Gasteiger charge is -2.15. The standard InChI is InChI=1S/C19H25NO/c1-13(2)20-12-17-11-16(8-9-19(17)21-5)18-10-14(3)6-7-15(18)4/h6-11,13,20H,12H2,1-5H3. The van der Waals surface area contributed by atoms with E-state index in [0.717, 1.165) is 12.3 Å². The Labute approximate surface area is 128 Å².